The molecule has 1 saturated heterocycles. The molecule has 1 aliphatic rings. The molecule has 2 aromatic carbocycles. The standard InChI is InChI=1S/C23H30N4O2/c1-17(2)21(25-23(29)24-19-9-5-4-6-10-19)22(28)27-14-12-26(13-15-27)20-11-7-8-18(3)16-20/h4-11,16-17,21H,12-15H2,1-3H3,(H2,24,25,29). The minimum atomic E-state index is -0.552. The van der Waals surface area contributed by atoms with Crippen molar-refractivity contribution in [2.45, 2.75) is 26.8 Å². The van der Waals surface area contributed by atoms with E-state index in [4.69, 9.17) is 0 Å². The van der Waals surface area contributed by atoms with Gasteiger partial charge in [0.1, 0.15) is 6.04 Å². The summed E-state index contributed by atoms with van der Waals surface area (Å²) in [6.45, 7) is 8.87. The largest absolute Gasteiger partial charge is 0.368 e. The summed E-state index contributed by atoms with van der Waals surface area (Å²) in [5.41, 5.74) is 3.12. The van der Waals surface area contributed by atoms with Gasteiger partial charge in [-0.3, -0.25) is 4.79 Å². The minimum absolute atomic E-state index is 0.00109. The van der Waals surface area contributed by atoms with Crippen LogP contribution in [0.4, 0.5) is 16.2 Å². The Kier molecular flexibility index (Phi) is 6.75. The maximum absolute atomic E-state index is 13.1. The van der Waals surface area contributed by atoms with Gasteiger partial charge in [0.2, 0.25) is 5.91 Å². The highest BCUT2D eigenvalue weighted by Crippen LogP contribution is 2.19. The molecule has 1 heterocycles. The van der Waals surface area contributed by atoms with Crippen LogP contribution in [0.1, 0.15) is 19.4 Å². The second kappa shape index (κ2) is 9.45. The van der Waals surface area contributed by atoms with Gasteiger partial charge in [-0.15, -0.1) is 0 Å². The predicted molar refractivity (Wildman–Crippen MR) is 117 cm³/mol. The Morgan fingerprint density at radius 2 is 1.62 bits per heavy atom. The molecule has 29 heavy (non-hydrogen) atoms. The van der Waals surface area contributed by atoms with E-state index in [0.29, 0.717) is 18.8 Å². The van der Waals surface area contributed by atoms with Crippen molar-refractivity contribution in [2.24, 2.45) is 5.92 Å². The summed E-state index contributed by atoms with van der Waals surface area (Å²) in [5, 5.41) is 5.65. The summed E-state index contributed by atoms with van der Waals surface area (Å²) >= 11 is 0. The predicted octanol–water partition coefficient (Wildman–Crippen LogP) is 3.49. The van der Waals surface area contributed by atoms with Gasteiger partial charge in [-0.1, -0.05) is 44.2 Å². The highest BCUT2D eigenvalue weighted by Gasteiger charge is 2.30. The van der Waals surface area contributed by atoms with Crippen molar-refractivity contribution in [3.05, 3.63) is 60.2 Å². The summed E-state index contributed by atoms with van der Waals surface area (Å²) in [7, 11) is 0. The summed E-state index contributed by atoms with van der Waals surface area (Å²) in [6.07, 6.45) is 0. The Morgan fingerprint density at radius 3 is 2.24 bits per heavy atom. The van der Waals surface area contributed by atoms with E-state index in [1.165, 1.54) is 11.3 Å². The summed E-state index contributed by atoms with van der Waals surface area (Å²) in [5.74, 6) is -0.0223. The highest BCUT2D eigenvalue weighted by molar-refractivity contribution is 5.93. The Labute approximate surface area is 172 Å². The second-order valence-electron chi connectivity index (χ2n) is 7.84. The Morgan fingerprint density at radius 1 is 0.931 bits per heavy atom. The number of carbonyl (C=O) groups is 2. The Hall–Kier alpha value is -3.02. The topological polar surface area (TPSA) is 64.7 Å². The molecule has 1 unspecified atom stereocenters. The van der Waals surface area contributed by atoms with Crippen molar-refractivity contribution >= 4 is 23.3 Å². The van der Waals surface area contributed by atoms with Gasteiger partial charge in [-0.05, 0) is 42.7 Å². The first kappa shape index (κ1) is 20.7. The van der Waals surface area contributed by atoms with Crippen LogP contribution in [-0.4, -0.2) is 49.1 Å². The van der Waals surface area contributed by atoms with Crippen LogP contribution >= 0.6 is 0 Å². The van der Waals surface area contributed by atoms with E-state index in [-0.39, 0.29) is 17.9 Å². The van der Waals surface area contributed by atoms with Crippen molar-refractivity contribution in [3.63, 3.8) is 0 Å². The lowest BCUT2D eigenvalue weighted by atomic mass is 10.0. The van der Waals surface area contributed by atoms with E-state index < -0.39 is 6.04 Å². The summed E-state index contributed by atoms with van der Waals surface area (Å²) in [4.78, 5) is 29.6. The van der Waals surface area contributed by atoms with E-state index in [1.54, 1.807) is 0 Å². The molecule has 2 aromatic rings. The zero-order valence-corrected chi connectivity index (χ0v) is 17.4. The smallest absolute Gasteiger partial charge is 0.319 e. The number of nitrogens with one attached hydrogen (secondary N) is 2. The van der Waals surface area contributed by atoms with E-state index in [2.05, 4.69) is 46.7 Å². The normalized spacial score (nSPS) is 15.2. The molecular formula is C23H30N4O2. The third-order valence-electron chi connectivity index (χ3n) is 5.21. The molecule has 1 atom stereocenters. The van der Waals surface area contributed by atoms with Crippen LogP contribution in [0.2, 0.25) is 0 Å². The van der Waals surface area contributed by atoms with Crippen LogP contribution in [-0.2, 0) is 4.79 Å². The van der Waals surface area contributed by atoms with Gasteiger partial charge in [-0.25, -0.2) is 4.79 Å². The first-order valence-electron chi connectivity index (χ1n) is 10.2. The molecule has 0 spiro atoms. The molecule has 6 heteroatoms. The zero-order chi connectivity index (χ0) is 20.8. The van der Waals surface area contributed by atoms with Gasteiger partial charge in [0.15, 0.2) is 0 Å². The number of rotatable bonds is 5. The molecule has 0 aliphatic carbocycles. The number of para-hydroxylation sites is 1. The van der Waals surface area contributed by atoms with Gasteiger partial charge < -0.3 is 20.4 Å². The van der Waals surface area contributed by atoms with E-state index in [1.807, 2.05) is 49.1 Å². The summed E-state index contributed by atoms with van der Waals surface area (Å²) in [6, 6.07) is 16.7. The molecule has 3 amide bonds. The van der Waals surface area contributed by atoms with Crippen LogP contribution in [0.15, 0.2) is 54.6 Å². The third-order valence-corrected chi connectivity index (χ3v) is 5.21. The maximum Gasteiger partial charge on any atom is 0.319 e. The molecule has 154 valence electrons. The molecular weight excluding hydrogens is 364 g/mol. The SMILES string of the molecule is Cc1cccc(N2CCN(C(=O)C(NC(=O)Nc3ccccc3)C(C)C)CC2)c1. The quantitative estimate of drug-likeness (QED) is 0.816. The van der Waals surface area contributed by atoms with Gasteiger partial charge >= 0.3 is 6.03 Å². The molecule has 0 aromatic heterocycles. The third kappa shape index (κ3) is 5.50. The molecule has 0 saturated carbocycles. The van der Waals surface area contributed by atoms with Gasteiger partial charge in [0.05, 0.1) is 0 Å². The lowest BCUT2D eigenvalue weighted by molar-refractivity contribution is -0.134. The monoisotopic (exact) mass is 394 g/mol. The van der Waals surface area contributed by atoms with Crippen LogP contribution < -0.4 is 15.5 Å². The van der Waals surface area contributed by atoms with Crippen LogP contribution in [0, 0.1) is 12.8 Å². The number of nitrogens with zero attached hydrogens (tertiary/aromatic N) is 2. The number of aryl methyl sites for hydroxylation is 1. The Balaban J connectivity index is 1.57. The number of hydrogen-bond acceptors (Lipinski definition) is 3. The highest BCUT2D eigenvalue weighted by atomic mass is 16.2. The van der Waals surface area contributed by atoms with Gasteiger partial charge in [0, 0.05) is 37.6 Å². The van der Waals surface area contributed by atoms with E-state index >= 15 is 0 Å². The average Bonchev–Trinajstić information content (AvgIpc) is 2.72. The number of anilines is 2. The number of carbonyl (C=O) groups excluding carboxylic acids is 2. The van der Waals surface area contributed by atoms with Crippen molar-refractivity contribution in [1.29, 1.82) is 0 Å². The fourth-order valence-corrected chi connectivity index (χ4v) is 3.55. The molecule has 1 fully saturated rings. The maximum atomic E-state index is 13.1. The Bertz CT molecular complexity index is 830. The zero-order valence-electron chi connectivity index (χ0n) is 17.4. The number of hydrogen-bond donors (Lipinski definition) is 2. The molecule has 0 radical (unpaired) electrons. The molecule has 0 bridgehead atoms. The number of amides is 3. The fourth-order valence-electron chi connectivity index (χ4n) is 3.55. The lowest BCUT2D eigenvalue weighted by Gasteiger charge is -2.38. The van der Waals surface area contributed by atoms with Gasteiger partial charge in [0.25, 0.3) is 0 Å². The van der Waals surface area contributed by atoms with E-state index in [0.717, 1.165) is 13.1 Å². The van der Waals surface area contributed by atoms with Crippen LogP contribution in [0.3, 0.4) is 0 Å². The van der Waals surface area contributed by atoms with Crippen LogP contribution in [0.5, 0.6) is 0 Å². The van der Waals surface area contributed by atoms with Crippen LogP contribution in [0.25, 0.3) is 0 Å². The number of piperazine rings is 1. The summed E-state index contributed by atoms with van der Waals surface area (Å²) < 4.78 is 0. The van der Waals surface area contributed by atoms with Crippen molar-refractivity contribution < 1.29 is 9.59 Å². The van der Waals surface area contributed by atoms with Gasteiger partial charge in [-0.2, -0.15) is 0 Å². The molecule has 6 nitrogen and oxygen atoms in total. The lowest BCUT2D eigenvalue weighted by Crippen LogP contribution is -2.57. The van der Waals surface area contributed by atoms with Crippen molar-refractivity contribution in [2.75, 3.05) is 36.4 Å². The average molecular weight is 395 g/mol. The van der Waals surface area contributed by atoms with Crippen molar-refractivity contribution in [3.8, 4) is 0 Å². The molecule has 1 aliphatic heterocycles. The first-order valence-corrected chi connectivity index (χ1v) is 10.2. The fraction of sp³-hybridized carbons (Fsp3) is 0.391. The first-order chi connectivity index (χ1) is 13.9. The molecule has 2 N–H and O–H groups in total. The number of urea groups is 1. The van der Waals surface area contributed by atoms with E-state index in [9.17, 15) is 9.59 Å². The van der Waals surface area contributed by atoms with Crippen molar-refractivity contribution in [1.82, 2.24) is 10.2 Å². The second-order valence-corrected chi connectivity index (χ2v) is 7.84. The number of benzene rings is 2. The molecule has 3 rings (SSSR count). The minimum Gasteiger partial charge on any atom is -0.368 e.